The summed E-state index contributed by atoms with van der Waals surface area (Å²) in [5.74, 6) is 0. The first-order chi connectivity index (χ1) is 6.11. The molecule has 0 saturated carbocycles. The van der Waals surface area contributed by atoms with Crippen molar-refractivity contribution in [2.75, 3.05) is 12.4 Å². The average molecular weight is 178 g/mol. The zero-order chi connectivity index (χ0) is 9.84. The van der Waals surface area contributed by atoms with Crippen LogP contribution in [0.3, 0.4) is 0 Å². The van der Waals surface area contributed by atoms with E-state index in [2.05, 4.69) is 16.7 Å². The van der Waals surface area contributed by atoms with Gasteiger partial charge in [-0.25, -0.2) is 4.79 Å². The molecule has 0 saturated heterocycles. The quantitative estimate of drug-likeness (QED) is 0.679. The van der Waals surface area contributed by atoms with Crippen LogP contribution in [0.15, 0.2) is 18.2 Å². The fourth-order valence-corrected chi connectivity index (χ4v) is 1.24. The third kappa shape index (κ3) is 2.78. The molecule has 2 amide bonds. The van der Waals surface area contributed by atoms with Gasteiger partial charge in [-0.2, -0.15) is 0 Å². The van der Waals surface area contributed by atoms with Crippen LogP contribution >= 0.6 is 0 Å². The normalized spacial score (nSPS) is 9.46. The minimum atomic E-state index is -0.190. The van der Waals surface area contributed by atoms with Crippen molar-refractivity contribution in [2.45, 2.75) is 13.8 Å². The number of amides is 2. The van der Waals surface area contributed by atoms with E-state index in [1.165, 1.54) is 0 Å². The molecule has 2 N–H and O–H groups in total. The summed E-state index contributed by atoms with van der Waals surface area (Å²) in [6, 6.07) is 5.74. The van der Waals surface area contributed by atoms with Crippen molar-refractivity contribution >= 4 is 11.7 Å². The molecular weight excluding hydrogens is 164 g/mol. The Balaban J connectivity index is 2.83. The van der Waals surface area contributed by atoms with Gasteiger partial charge in [0.05, 0.1) is 0 Å². The van der Waals surface area contributed by atoms with E-state index in [9.17, 15) is 4.79 Å². The van der Waals surface area contributed by atoms with Gasteiger partial charge in [0, 0.05) is 12.7 Å². The lowest BCUT2D eigenvalue weighted by atomic mass is 10.1. The van der Waals surface area contributed by atoms with Crippen molar-refractivity contribution in [1.29, 1.82) is 0 Å². The van der Waals surface area contributed by atoms with Crippen LogP contribution in [-0.2, 0) is 0 Å². The predicted molar refractivity (Wildman–Crippen MR) is 54.0 cm³/mol. The van der Waals surface area contributed by atoms with Gasteiger partial charge in [-0.15, -0.1) is 0 Å². The summed E-state index contributed by atoms with van der Waals surface area (Å²) in [5, 5.41) is 5.23. The summed E-state index contributed by atoms with van der Waals surface area (Å²) < 4.78 is 0. The lowest BCUT2D eigenvalue weighted by molar-refractivity contribution is 0.254. The van der Waals surface area contributed by atoms with E-state index in [-0.39, 0.29) is 6.03 Å². The number of benzene rings is 1. The highest BCUT2D eigenvalue weighted by atomic mass is 16.2. The molecule has 0 aliphatic carbocycles. The monoisotopic (exact) mass is 178 g/mol. The third-order valence-corrected chi connectivity index (χ3v) is 1.71. The summed E-state index contributed by atoms with van der Waals surface area (Å²) in [4.78, 5) is 11.0. The number of nitrogens with one attached hydrogen (secondary N) is 2. The minimum absolute atomic E-state index is 0.190. The Morgan fingerprint density at radius 2 is 1.69 bits per heavy atom. The predicted octanol–water partition coefficient (Wildman–Crippen LogP) is 2.05. The topological polar surface area (TPSA) is 41.1 Å². The van der Waals surface area contributed by atoms with Crippen molar-refractivity contribution < 1.29 is 4.79 Å². The number of carbonyl (C=O) groups is 1. The fourth-order valence-electron chi connectivity index (χ4n) is 1.24. The summed E-state index contributed by atoms with van der Waals surface area (Å²) in [6.07, 6.45) is 0. The van der Waals surface area contributed by atoms with Crippen molar-refractivity contribution in [3.63, 3.8) is 0 Å². The molecular formula is C10H14N2O. The lowest BCUT2D eigenvalue weighted by Crippen LogP contribution is -2.24. The van der Waals surface area contributed by atoms with Crippen molar-refractivity contribution in [1.82, 2.24) is 5.32 Å². The molecule has 1 aromatic carbocycles. The highest BCUT2D eigenvalue weighted by Gasteiger charge is 1.99. The summed E-state index contributed by atoms with van der Waals surface area (Å²) >= 11 is 0. The van der Waals surface area contributed by atoms with Crippen LogP contribution in [0.4, 0.5) is 10.5 Å². The van der Waals surface area contributed by atoms with Crippen LogP contribution in [0.2, 0.25) is 0 Å². The molecule has 0 atom stereocenters. The van der Waals surface area contributed by atoms with Crippen molar-refractivity contribution in [2.24, 2.45) is 0 Å². The van der Waals surface area contributed by atoms with E-state index in [1.807, 2.05) is 26.0 Å². The second kappa shape index (κ2) is 3.94. The molecule has 1 aromatic rings. The first-order valence-corrected chi connectivity index (χ1v) is 4.19. The molecule has 0 unspecified atom stereocenters. The van der Waals surface area contributed by atoms with Gasteiger partial charge in [0.15, 0.2) is 0 Å². The van der Waals surface area contributed by atoms with E-state index >= 15 is 0 Å². The fraction of sp³-hybridized carbons (Fsp3) is 0.300. The maximum Gasteiger partial charge on any atom is 0.318 e. The van der Waals surface area contributed by atoms with Gasteiger partial charge in [-0.05, 0) is 37.1 Å². The second-order valence-corrected chi connectivity index (χ2v) is 3.08. The molecule has 0 radical (unpaired) electrons. The molecule has 3 heteroatoms. The molecule has 0 fully saturated rings. The van der Waals surface area contributed by atoms with Crippen molar-refractivity contribution in [3.8, 4) is 0 Å². The molecule has 0 aliphatic heterocycles. The van der Waals surface area contributed by atoms with E-state index in [0.717, 1.165) is 16.8 Å². The molecule has 0 aromatic heterocycles. The molecule has 0 heterocycles. The standard InChI is InChI=1S/C10H14N2O/c1-7-4-8(2)6-9(5-7)12-10(13)11-3/h4-6H,1-3H3,(H2,11,12,13). The van der Waals surface area contributed by atoms with Crippen LogP contribution in [0.25, 0.3) is 0 Å². The number of rotatable bonds is 1. The Hall–Kier alpha value is -1.51. The molecule has 70 valence electrons. The van der Waals surface area contributed by atoms with Crippen LogP contribution < -0.4 is 10.6 Å². The largest absolute Gasteiger partial charge is 0.341 e. The van der Waals surface area contributed by atoms with E-state index in [4.69, 9.17) is 0 Å². The number of urea groups is 1. The summed E-state index contributed by atoms with van der Waals surface area (Å²) in [5.41, 5.74) is 3.12. The Morgan fingerprint density at radius 3 is 2.15 bits per heavy atom. The Morgan fingerprint density at radius 1 is 1.15 bits per heavy atom. The smallest absolute Gasteiger partial charge is 0.318 e. The molecule has 0 spiro atoms. The lowest BCUT2D eigenvalue weighted by Gasteiger charge is -2.06. The van der Waals surface area contributed by atoms with Gasteiger partial charge < -0.3 is 10.6 Å². The van der Waals surface area contributed by atoms with Crippen LogP contribution in [0.1, 0.15) is 11.1 Å². The first-order valence-electron chi connectivity index (χ1n) is 4.19. The number of carbonyl (C=O) groups excluding carboxylic acids is 1. The average Bonchev–Trinajstić information content (AvgIpc) is 2.02. The Labute approximate surface area is 78.2 Å². The molecule has 0 aliphatic rings. The van der Waals surface area contributed by atoms with Gasteiger partial charge in [-0.3, -0.25) is 0 Å². The van der Waals surface area contributed by atoms with Gasteiger partial charge in [0.25, 0.3) is 0 Å². The second-order valence-electron chi connectivity index (χ2n) is 3.08. The van der Waals surface area contributed by atoms with Crippen molar-refractivity contribution in [3.05, 3.63) is 29.3 Å². The zero-order valence-electron chi connectivity index (χ0n) is 8.14. The maximum absolute atomic E-state index is 11.0. The minimum Gasteiger partial charge on any atom is -0.341 e. The number of hydrogen-bond donors (Lipinski definition) is 2. The van der Waals surface area contributed by atoms with Crippen LogP contribution in [0, 0.1) is 13.8 Å². The molecule has 13 heavy (non-hydrogen) atoms. The van der Waals surface area contributed by atoms with Crippen LogP contribution in [0.5, 0.6) is 0 Å². The van der Waals surface area contributed by atoms with Gasteiger partial charge in [0.1, 0.15) is 0 Å². The number of hydrogen-bond acceptors (Lipinski definition) is 1. The molecule has 3 nitrogen and oxygen atoms in total. The van der Waals surface area contributed by atoms with Gasteiger partial charge in [-0.1, -0.05) is 6.07 Å². The summed E-state index contributed by atoms with van der Waals surface area (Å²) in [7, 11) is 1.60. The van der Waals surface area contributed by atoms with E-state index in [1.54, 1.807) is 7.05 Å². The number of aryl methyl sites for hydroxylation is 2. The Bertz CT molecular complexity index is 300. The van der Waals surface area contributed by atoms with Crippen LogP contribution in [-0.4, -0.2) is 13.1 Å². The maximum atomic E-state index is 11.0. The molecule has 1 rings (SSSR count). The Kier molecular flexibility index (Phi) is 2.90. The van der Waals surface area contributed by atoms with Gasteiger partial charge >= 0.3 is 6.03 Å². The summed E-state index contributed by atoms with van der Waals surface area (Å²) in [6.45, 7) is 4.00. The first kappa shape index (κ1) is 9.58. The third-order valence-electron chi connectivity index (χ3n) is 1.71. The van der Waals surface area contributed by atoms with E-state index < -0.39 is 0 Å². The van der Waals surface area contributed by atoms with E-state index in [0.29, 0.717) is 0 Å². The zero-order valence-corrected chi connectivity index (χ0v) is 8.14. The number of anilines is 1. The van der Waals surface area contributed by atoms with Gasteiger partial charge in [0.2, 0.25) is 0 Å². The highest BCUT2D eigenvalue weighted by molar-refractivity contribution is 5.89. The SMILES string of the molecule is CNC(=O)Nc1cc(C)cc(C)c1. The molecule has 0 bridgehead atoms. The highest BCUT2D eigenvalue weighted by Crippen LogP contribution is 2.13.